The topological polar surface area (TPSA) is 60.0 Å². The molecule has 0 amide bonds. The first-order valence-electron chi connectivity index (χ1n) is 8.09. The van der Waals surface area contributed by atoms with Gasteiger partial charge in [0.2, 0.25) is 0 Å². The van der Waals surface area contributed by atoms with Crippen molar-refractivity contribution in [1.29, 1.82) is 0 Å². The summed E-state index contributed by atoms with van der Waals surface area (Å²) in [4.78, 5) is 0. The summed E-state index contributed by atoms with van der Waals surface area (Å²) in [5, 5.41) is 13.5. The summed E-state index contributed by atoms with van der Waals surface area (Å²) in [6.07, 6.45) is 2.56. The first kappa shape index (κ1) is 17.2. The molecular weight excluding hydrogens is 270 g/mol. The summed E-state index contributed by atoms with van der Waals surface area (Å²) in [5.41, 5.74) is -0.310. The average Bonchev–Trinajstić information content (AvgIpc) is 2.62. The van der Waals surface area contributed by atoms with E-state index in [-0.39, 0.29) is 23.3 Å². The average molecular weight is 301 g/mol. The van der Waals surface area contributed by atoms with Crippen LogP contribution in [-0.4, -0.2) is 60.9 Å². The Morgan fingerprint density at radius 3 is 2.48 bits per heavy atom. The Labute approximate surface area is 128 Å². The fourth-order valence-electron chi connectivity index (χ4n) is 3.31. The van der Waals surface area contributed by atoms with E-state index in [1.165, 1.54) is 0 Å². The predicted octanol–water partition coefficient (Wildman–Crippen LogP) is 1.48. The van der Waals surface area contributed by atoms with Gasteiger partial charge in [-0.3, -0.25) is 0 Å². The van der Waals surface area contributed by atoms with Gasteiger partial charge >= 0.3 is 0 Å². The van der Waals surface area contributed by atoms with Gasteiger partial charge in [0, 0.05) is 25.8 Å². The lowest BCUT2D eigenvalue weighted by Gasteiger charge is -2.29. The number of hydrogen-bond acceptors (Lipinski definition) is 5. The van der Waals surface area contributed by atoms with Crippen LogP contribution in [0.15, 0.2) is 0 Å². The molecule has 5 nitrogen and oxygen atoms in total. The molecule has 0 spiro atoms. The minimum atomic E-state index is -0.479. The third-order valence-corrected chi connectivity index (χ3v) is 4.37. The van der Waals surface area contributed by atoms with E-state index >= 15 is 0 Å². The van der Waals surface area contributed by atoms with Crippen molar-refractivity contribution in [2.45, 2.75) is 76.4 Å². The quantitative estimate of drug-likeness (QED) is 0.778. The van der Waals surface area contributed by atoms with Crippen LogP contribution in [0.3, 0.4) is 0 Å². The summed E-state index contributed by atoms with van der Waals surface area (Å²) in [6.45, 7) is 10.9. The van der Waals surface area contributed by atoms with E-state index in [9.17, 15) is 5.11 Å². The smallest absolute Gasteiger partial charge is 0.0897 e. The Morgan fingerprint density at radius 2 is 1.90 bits per heavy atom. The van der Waals surface area contributed by atoms with Gasteiger partial charge in [0.05, 0.1) is 30.0 Å². The molecule has 2 N–H and O–H groups in total. The molecule has 0 aromatic carbocycles. The molecule has 2 rings (SSSR count). The highest BCUT2D eigenvalue weighted by Gasteiger charge is 2.45. The Morgan fingerprint density at radius 1 is 1.24 bits per heavy atom. The van der Waals surface area contributed by atoms with Crippen LogP contribution in [0.5, 0.6) is 0 Å². The number of hydrogen-bond donors (Lipinski definition) is 2. The van der Waals surface area contributed by atoms with Crippen LogP contribution in [0, 0.1) is 0 Å². The molecule has 0 aromatic heterocycles. The van der Waals surface area contributed by atoms with Gasteiger partial charge in [-0.2, -0.15) is 0 Å². The molecule has 0 unspecified atom stereocenters. The molecule has 0 bridgehead atoms. The second-order valence-corrected chi connectivity index (χ2v) is 7.43. The van der Waals surface area contributed by atoms with Gasteiger partial charge in [-0.05, 0) is 47.0 Å². The fraction of sp³-hybridized carbons (Fsp3) is 1.00. The van der Waals surface area contributed by atoms with Gasteiger partial charge in [-0.25, -0.2) is 0 Å². The van der Waals surface area contributed by atoms with E-state index in [1.54, 1.807) is 0 Å². The van der Waals surface area contributed by atoms with E-state index in [4.69, 9.17) is 14.2 Å². The van der Waals surface area contributed by atoms with Crippen LogP contribution in [0.1, 0.15) is 47.0 Å². The minimum absolute atomic E-state index is 0.106. The molecule has 2 heterocycles. The molecule has 124 valence electrons. The Balaban J connectivity index is 1.67. The molecule has 2 aliphatic heterocycles. The van der Waals surface area contributed by atoms with E-state index in [0.717, 1.165) is 32.5 Å². The lowest BCUT2D eigenvalue weighted by atomic mass is 9.94. The highest BCUT2D eigenvalue weighted by Crippen LogP contribution is 2.37. The van der Waals surface area contributed by atoms with Gasteiger partial charge in [0.25, 0.3) is 0 Å². The highest BCUT2D eigenvalue weighted by atomic mass is 16.5. The van der Waals surface area contributed by atoms with E-state index < -0.39 is 6.10 Å². The van der Waals surface area contributed by atoms with Gasteiger partial charge in [-0.15, -0.1) is 0 Å². The number of aliphatic hydroxyl groups is 1. The number of aliphatic hydroxyl groups excluding tert-OH is 1. The molecule has 0 saturated carbocycles. The highest BCUT2D eigenvalue weighted by molar-refractivity contribution is 4.99. The molecule has 0 aromatic rings. The summed E-state index contributed by atoms with van der Waals surface area (Å²) < 4.78 is 17.1. The third-order valence-electron chi connectivity index (χ3n) is 4.37. The van der Waals surface area contributed by atoms with Gasteiger partial charge < -0.3 is 24.6 Å². The lowest BCUT2D eigenvalue weighted by Crippen LogP contribution is -2.46. The predicted molar refractivity (Wildman–Crippen MR) is 81.5 cm³/mol. The van der Waals surface area contributed by atoms with E-state index in [2.05, 4.69) is 33.0 Å². The zero-order valence-electron chi connectivity index (χ0n) is 13.9. The summed E-state index contributed by atoms with van der Waals surface area (Å²) in [5.74, 6) is 0. The van der Waals surface area contributed by atoms with Crippen LogP contribution in [0.4, 0.5) is 0 Å². The fourth-order valence-corrected chi connectivity index (χ4v) is 3.31. The number of rotatable bonds is 6. The number of ether oxygens (including phenoxy) is 3. The van der Waals surface area contributed by atoms with Gasteiger partial charge in [0.1, 0.15) is 0 Å². The van der Waals surface area contributed by atoms with Crippen molar-refractivity contribution in [1.82, 2.24) is 5.32 Å². The summed E-state index contributed by atoms with van der Waals surface area (Å²) in [7, 11) is 0. The molecule has 2 aliphatic rings. The van der Waals surface area contributed by atoms with Crippen molar-refractivity contribution >= 4 is 0 Å². The number of nitrogens with one attached hydrogen (secondary N) is 1. The molecule has 21 heavy (non-hydrogen) atoms. The first-order chi connectivity index (χ1) is 9.78. The standard InChI is InChI=1S/C16H31NO4/c1-15(2)9-14(16(3,4)21-15)17-10-12(18)11-20-13-5-7-19-8-6-13/h12-14,17-18H,5-11H2,1-4H3/t12-,14+/m1/s1. The SMILES string of the molecule is CC1(C)C[C@H](NC[C@@H](O)COC2CCOCC2)C(C)(C)O1. The minimum Gasteiger partial charge on any atom is -0.389 e. The van der Waals surface area contributed by atoms with E-state index in [1.807, 2.05) is 0 Å². The maximum Gasteiger partial charge on any atom is 0.0897 e. The first-order valence-corrected chi connectivity index (χ1v) is 8.09. The zero-order valence-corrected chi connectivity index (χ0v) is 13.9. The van der Waals surface area contributed by atoms with Crippen molar-refractivity contribution in [2.24, 2.45) is 0 Å². The lowest BCUT2D eigenvalue weighted by molar-refractivity contribution is -0.0728. The molecular formula is C16H31NO4. The van der Waals surface area contributed by atoms with Crippen molar-refractivity contribution < 1.29 is 19.3 Å². The van der Waals surface area contributed by atoms with E-state index in [0.29, 0.717) is 13.2 Å². The van der Waals surface area contributed by atoms with Crippen LogP contribution in [-0.2, 0) is 14.2 Å². The Kier molecular flexibility index (Phi) is 5.65. The second kappa shape index (κ2) is 6.92. The molecule has 2 fully saturated rings. The van der Waals surface area contributed by atoms with Crippen molar-refractivity contribution in [3.05, 3.63) is 0 Å². The van der Waals surface area contributed by atoms with Crippen molar-refractivity contribution in [3.63, 3.8) is 0 Å². The van der Waals surface area contributed by atoms with Gasteiger partial charge in [-0.1, -0.05) is 0 Å². The molecule has 2 saturated heterocycles. The van der Waals surface area contributed by atoms with Crippen LogP contribution in [0.25, 0.3) is 0 Å². The molecule has 5 heteroatoms. The Bertz CT molecular complexity index is 326. The summed E-state index contributed by atoms with van der Waals surface area (Å²) >= 11 is 0. The molecule has 0 aliphatic carbocycles. The Hall–Kier alpha value is -0.200. The van der Waals surface area contributed by atoms with Crippen molar-refractivity contribution in [2.75, 3.05) is 26.4 Å². The second-order valence-electron chi connectivity index (χ2n) is 7.43. The van der Waals surface area contributed by atoms with Crippen LogP contribution < -0.4 is 5.32 Å². The normalized spacial score (nSPS) is 30.4. The maximum absolute atomic E-state index is 10.1. The third kappa shape index (κ3) is 5.18. The molecule has 0 radical (unpaired) electrons. The van der Waals surface area contributed by atoms with Crippen LogP contribution in [0.2, 0.25) is 0 Å². The van der Waals surface area contributed by atoms with Crippen molar-refractivity contribution in [3.8, 4) is 0 Å². The molecule has 2 atom stereocenters. The largest absolute Gasteiger partial charge is 0.389 e. The monoisotopic (exact) mass is 301 g/mol. The van der Waals surface area contributed by atoms with Crippen LogP contribution >= 0.6 is 0 Å². The summed E-state index contributed by atoms with van der Waals surface area (Å²) in [6, 6.07) is 0.255. The zero-order chi connectivity index (χ0) is 15.5. The maximum atomic E-state index is 10.1. The van der Waals surface area contributed by atoms with Gasteiger partial charge in [0.15, 0.2) is 0 Å².